The normalized spacial score (nSPS) is 27.9. The Labute approximate surface area is 435 Å². The first-order valence-electron chi connectivity index (χ1n) is 30.2. The molecule has 4 nitrogen and oxygen atoms in total. The predicted molar refractivity (Wildman–Crippen MR) is 305 cm³/mol. The minimum atomic E-state index is 0.455. The summed E-state index contributed by atoms with van der Waals surface area (Å²) in [6, 6.07) is 0. The van der Waals surface area contributed by atoms with Gasteiger partial charge in [0, 0.05) is 26.4 Å². The Morgan fingerprint density at radius 3 is 0.826 bits per heavy atom. The van der Waals surface area contributed by atoms with E-state index in [9.17, 15) is 0 Å². The largest absolute Gasteiger partial charge is 0.381 e. The van der Waals surface area contributed by atoms with Crippen LogP contribution in [0.25, 0.3) is 0 Å². The van der Waals surface area contributed by atoms with Gasteiger partial charge in [-0.1, -0.05) is 197 Å². The quantitative estimate of drug-likeness (QED) is 0.263. The van der Waals surface area contributed by atoms with Gasteiger partial charge in [-0.25, -0.2) is 0 Å². The van der Waals surface area contributed by atoms with Crippen LogP contribution in [-0.4, -0.2) is 51.7 Å². The Kier molecular flexibility index (Phi) is 28.1. The van der Waals surface area contributed by atoms with Crippen molar-refractivity contribution < 1.29 is 14.2 Å². The molecule has 4 atom stereocenters. The van der Waals surface area contributed by atoms with Gasteiger partial charge in [-0.15, -0.1) is 0 Å². The summed E-state index contributed by atoms with van der Waals surface area (Å²) in [4.78, 5) is 0. The predicted octanol–water partition coefficient (Wildman–Crippen LogP) is 19.6. The average Bonchev–Trinajstić information content (AvgIpc) is 4.11. The maximum Gasteiger partial charge on any atom is 0.0582 e. The molecule has 5 saturated heterocycles. The maximum absolute atomic E-state index is 5.82. The van der Waals surface area contributed by atoms with Crippen molar-refractivity contribution in [3.8, 4) is 0 Å². The number of nitrogens with one attached hydrogen (secondary N) is 1. The molecule has 5 heterocycles. The lowest BCUT2D eigenvalue weighted by Crippen LogP contribution is -2.32. The number of hydrogen-bond acceptors (Lipinski definition) is 4. The molecule has 0 aromatic carbocycles. The minimum Gasteiger partial charge on any atom is -0.381 e. The van der Waals surface area contributed by atoms with E-state index in [4.69, 9.17) is 14.2 Å². The number of rotatable bonds is 0. The van der Waals surface area contributed by atoms with E-state index in [1.807, 2.05) is 0 Å². The van der Waals surface area contributed by atoms with Gasteiger partial charge in [0.05, 0.1) is 12.2 Å². The van der Waals surface area contributed by atoms with Gasteiger partial charge in [-0.05, 0) is 182 Å². The van der Waals surface area contributed by atoms with Gasteiger partial charge in [-0.2, -0.15) is 0 Å². The highest BCUT2D eigenvalue weighted by atomic mass is 16.5. The molecule has 0 amide bonds. The fourth-order valence-corrected chi connectivity index (χ4v) is 12.5. The molecule has 3 saturated carbocycles. The number of ether oxygens (including phenoxy) is 3. The van der Waals surface area contributed by atoms with Gasteiger partial charge >= 0.3 is 0 Å². The fourth-order valence-electron chi connectivity index (χ4n) is 12.5. The highest BCUT2D eigenvalue weighted by Crippen LogP contribution is 2.44. The van der Waals surface area contributed by atoms with Crippen LogP contribution >= 0.6 is 0 Å². The molecule has 8 rings (SSSR count). The van der Waals surface area contributed by atoms with Crippen LogP contribution in [0.5, 0.6) is 0 Å². The van der Waals surface area contributed by atoms with E-state index in [0.29, 0.717) is 50.1 Å². The van der Waals surface area contributed by atoms with Crippen molar-refractivity contribution in [2.45, 2.75) is 299 Å². The third kappa shape index (κ3) is 27.3. The maximum atomic E-state index is 5.82. The van der Waals surface area contributed by atoms with Gasteiger partial charge in [-0.3, -0.25) is 0 Å². The molecule has 0 aromatic heterocycles. The van der Waals surface area contributed by atoms with Crippen LogP contribution in [0.15, 0.2) is 0 Å². The molecule has 8 fully saturated rings. The highest BCUT2D eigenvalue weighted by Gasteiger charge is 2.39. The standard InChI is InChI=1S/C11H20O.2C10H20.C9H18O.C9H18.C8H17N.C8H16O/c1-11(2,3)8-6-9-4-5-10(7-8)12-9;2*1-10(2,3)9-7-5-4-6-8-9;1-9(2,3)8-4-6-10-7-5-8;1-9(2,3)8-6-4-5-7-8;2*1-8(2,3)7-4-5-9-6-7/h8-10H,4-7H2,1-3H3;2*9H,4-8H2,1-3H3;8H,4-7H2,1-3H3;8H,4-7H2,1-3H3;7,9H,4-6H2,1-3H3;7H,4-6H2,1-3H3. The first-order valence-corrected chi connectivity index (χ1v) is 30.2. The lowest BCUT2D eigenvalue weighted by atomic mass is 9.72. The summed E-state index contributed by atoms with van der Waals surface area (Å²) in [5.74, 6) is 6.47. The van der Waals surface area contributed by atoms with Crippen molar-refractivity contribution in [3.63, 3.8) is 0 Å². The first kappa shape index (κ1) is 65.0. The van der Waals surface area contributed by atoms with Crippen molar-refractivity contribution >= 4 is 0 Å². The topological polar surface area (TPSA) is 39.7 Å². The van der Waals surface area contributed by atoms with E-state index in [-0.39, 0.29) is 0 Å². The Balaban J connectivity index is 0.000000277. The third-order valence-electron chi connectivity index (χ3n) is 18.6. The van der Waals surface area contributed by atoms with Crippen molar-refractivity contribution in [1.82, 2.24) is 5.32 Å². The molecule has 4 heteroatoms. The SMILES string of the molecule is CC(C)(C)C1CC2CCC(C1)O2.CC(C)(C)C1CCCC1.CC(C)(C)C1CCCCC1.CC(C)(C)C1CCCCC1.CC(C)(C)C1CCNC1.CC(C)(C)C1CCOC1.CC(C)(C)C1CCOCC1. The van der Waals surface area contributed by atoms with Gasteiger partial charge < -0.3 is 19.5 Å². The summed E-state index contributed by atoms with van der Waals surface area (Å²) in [7, 11) is 0. The van der Waals surface area contributed by atoms with E-state index >= 15 is 0 Å². The molecule has 0 spiro atoms. The average molecular weight is 973 g/mol. The monoisotopic (exact) mass is 972 g/mol. The Morgan fingerprint density at radius 1 is 0.290 bits per heavy atom. The van der Waals surface area contributed by atoms with E-state index in [2.05, 4.69) is 151 Å². The second-order valence-corrected chi connectivity index (χ2v) is 31.5. The van der Waals surface area contributed by atoms with Crippen LogP contribution in [0, 0.1) is 79.3 Å². The van der Waals surface area contributed by atoms with Crippen LogP contribution in [-0.2, 0) is 14.2 Å². The molecule has 4 unspecified atom stereocenters. The summed E-state index contributed by atoms with van der Waals surface area (Å²) in [6.45, 7) is 55.6. The van der Waals surface area contributed by atoms with E-state index < -0.39 is 0 Å². The Morgan fingerprint density at radius 2 is 0.594 bits per heavy atom. The molecule has 5 aliphatic heterocycles. The summed E-state index contributed by atoms with van der Waals surface area (Å²) in [5, 5.41) is 3.38. The first-order chi connectivity index (χ1) is 31.7. The third-order valence-corrected chi connectivity index (χ3v) is 18.6. The van der Waals surface area contributed by atoms with Crippen molar-refractivity contribution in [1.29, 1.82) is 0 Å². The van der Waals surface area contributed by atoms with Gasteiger partial charge in [0.25, 0.3) is 0 Å². The lowest BCUT2D eigenvalue weighted by molar-refractivity contribution is -0.0443. The lowest BCUT2D eigenvalue weighted by Gasteiger charge is -2.37. The van der Waals surface area contributed by atoms with Crippen LogP contribution in [0.3, 0.4) is 0 Å². The van der Waals surface area contributed by atoms with Gasteiger partial charge in [0.15, 0.2) is 0 Å². The fraction of sp³-hybridized carbons (Fsp3) is 1.00. The molecule has 1 N–H and O–H groups in total. The molecular formula is C65H129NO3. The zero-order valence-electron chi connectivity index (χ0n) is 51.2. The Hall–Kier alpha value is -0.160. The second kappa shape index (κ2) is 29.8. The number of fused-ring (bicyclic) bond motifs is 2. The van der Waals surface area contributed by atoms with Crippen LogP contribution in [0.1, 0.15) is 287 Å². The van der Waals surface area contributed by atoms with Gasteiger partial charge in [0.1, 0.15) is 0 Å². The van der Waals surface area contributed by atoms with Crippen LogP contribution < -0.4 is 5.32 Å². The molecule has 8 aliphatic rings. The van der Waals surface area contributed by atoms with Crippen LogP contribution in [0.2, 0.25) is 0 Å². The van der Waals surface area contributed by atoms with Gasteiger partial charge in [0.2, 0.25) is 0 Å². The molecule has 2 bridgehead atoms. The van der Waals surface area contributed by atoms with E-state index in [1.54, 1.807) is 0 Å². The van der Waals surface area contributed by atoms with Crippen molar-refractivity contribution in [2.75, 3.05) is 39.5 Å². The summed E-state index contributed by atoms with van der Waals surface area (Å²) >= 11 is 0. The zero-order chi connectivity index (χ0) is 52.3. The van der Waals surface area contributed by atoms with E-state index in [1.165, 1.54) is 154 Å². The van der Waals surface area contributed by atoms with Crippen molar-refractivity contribution in [2.24, 2.45) is 79.3 Å². The van der Waals surface area contributed by atoms with E-state index in [0.717, 1.165) is 67.9 Å². The summed E-state index contributed by atoms with van der Waals surface area (Å²) < 4.78 is 16.4. The van der Waals surface area contributed by atoms with Crippen molar-refractivity contribution in [3.05, 3.63) is 0 Å². The summed E-state index contributed by atoms with van der Waals surface area (Å²) in [5.41, 5.74) is 3.67. The van der Waals surface area contributed by atoms with Crippen LogP contribution in [0.4, 0.5) is 0 Å². The molecule has 412 valence electrons. The zero-order valence-corrected chi connectivity index (χ0v) is 51.2. The minimum absolute atomic E-state index is 0.455. The Bertz CT molecular complexity index is 1130. The highest BCUT2D eigenvalue weighted by molar-refractivity contribution is 4.89. The second-order valence-electron chi connectivity index (χ2n) is 31.5. The smallest absolute Gasteiger partial charge is 0.0582 e. The molecule has 69 heavy (non-hydrogen) atoms. The molecule has 0 aromatic rings. The summed E-state index contributed by atoms with van der Waals surface area (Å²) in [6.07, 6.45) is 32.2. The molecular weight excluding hydrogens is 843 g/mol. The number of hydrogen-bond donors (Lipinski definition) is 1. The molecule has 3 aliphatic carbocycles. The molecule has 0 radical (unpaired) electrons.